The predicted molar refractivity (Wildman–Crippen MR) is 96.6 cm³/mol. The molecule has 0 radical (unpaired) electrons. The fraction of sp³-hybridized carbons (Fsp3) is 0.0952. The molecule has 0 saturated carbocycles. The fourth-order valence-corrected chi connectivity index (χ4v) is 2.60. The summed E-state index contributed by atoms with van der Waals surface area (Å²) in [6.07, 6.45) is 0.749. The van der Waals surface area contributed by atoms with Gasteiger partial charge < -0.3 is 10.1 Å². The van der Waals surface area contributed by atoms with Crippen LogP contribution in [0.1, 0.15) is 21.5 Å². The largest absolute Gasteiger partial charge is 0.496 e. The lowest BCUT2D eigenvalue weighted by atomic mass is 10.0. The van der Waals surface area contributed by atoms with Gasteiger partial charge in [-0.1, -0.05) is 48.5 Å². The van der Waals surface area contributed by atoms with E-state index in [4.69, 9.17) is 4.74 Å². The average molecular weight is 317 g/mol. The first kappa shape index (κ1) is 15.8. The third-order valence-corrected chi connectivity index (χ3v) is 3.81. The Bertz CT molecular complexity index is 814. The SMILES string of the molecule is COc1ccc(NC(=O)c2ccccc2)cc1Cc1ccccc1. The lowest BCUT2D eigenvalue weighted by molar-refractivity contribution is 0.102. The summed E-state index contributed by atoms with van der Waals surface area (Å²) < 4.78 is 5.45. The molecule has 0 saturated heterocycles. The molecule has 0 bridgehead atoms. The zero-order valence-corrected chi connectivity index (χ0v) is 13.5. The van der Waals surface area contributed by atoms with Crippen LogP contribution in [0.5, 0.6) is 5.75 Å². The van der Waals surface area contributed by atoms with Crippen molar-refractivity contribution in [2.45, 2.75) is 6.42 Å². The molecule has 1 N–H and O–H groups in total. The Morgan fingerprint density at radius 1 is 0.917 bits per heavy atom. The molecule has 0 heterocycles. The van der Waals surface area contributed by atoms with Crippen LogP contribution in [0.3, 0.4) is 0 Å². The van der Waals surface area contributed by atoms with Crippen molar-refractivity contribution in [1.82, 2.24) is 0 Å². The molecule has 0 unspecified atom stereocenters. The van der Waals surface area contributed by atoms with E-state index in [1.807, 2.05) is 54.6 Å². The highest BCUT2D eigenvalue weighted by Gasteiger charge is 2.09. The van der Waals surface area contributed by atoms with Crippen LogP contribution in [0.2, 0.25) is 0 Å². The van der Waals surface area contributed by atoms with Gasteiger partial charge in [0, 0.05) is 23.2 Å². The molecule has 1 amide bonds. The van der Waals surface area contributed by atoms with Crippen LogP contribution in [-0.2, 0) is 6.42 Å². The van der Waals surface area contributed by atoms with Crippen LogP contribution in [0.25, 0.3) is 0 Å². The number of amides is 1. The van der Waals surface area contributed by atoms with E-state index in [1.165, 1.54) is 5.56 Å². The maximum Gasteiger partial charge on any atom is 0.255 e. The number of nitrogens with one attached hydrogen (secondary N) is 1. The molecular weight excluding hydrogens is 298 g/mol. The summed E-state index contributed by atoms with van der Waals surface area (Å²) in [6, 6.07) is 25.1. The predicted octanol–water partition coefficient (Wildman–Crippen LogP) is 4.54. The monoisotopic (exact) mass is 317 g/mol. The highest BCUT2D eigenvalue weighted by Crippen LogP contribution is 2.25. The Morgan fingerprint density at radius 3 is 2.25 bits per heavy atom. The van der Waals surface area contributed by atoms with Crippen molar-refractivity contribution in [3.05, 3.63) is 95.6 Å². The van der Waals surface area contributed by atoms with Gasteiger partial charge in [0.2, 0.25) is 0 Å². The molecule has 3 nitrogen and oxygen atoms in total. The molecule has 0 atom stereocenters. The minimum absolute atomic E-state index is 0.119. The molecule has 0 fully saturated rings. The second kappa shape index (κ2) is 7.47. The van der Waals surface area contributed by atoms with Gasteiger partial charge in [0.05, 0.1) is 7.11 Å². The minimum atomic E-state index is -0.119. The molecule has 3 aromatic rings. The second-order valence-corrected chi connectivity index (χ2v) is 5.51. The lowest BCUT2D eigenvalue weighted by Crippen LogP contribution is -2.12. The summed E-state index contributed by atoms with van der Waals surface area (Å²) in [7, 11) is 1.66. The molecule has 0 aliphatic rings. The number of anilines is 1. The Labute approximate surface area is 141 Å². The summed E-state index contributed by atoms with van der Waals surface area (Å²) in [5.74, 6) is 0.697. The van der Waals surface area contributed by atoms with Crippen LogP contribution in [-0.4, -0.2) is 13.0 Å². The third-order valence-electron chi connectivity index (χ3n) is 3.81. The number of ether oxygens (including phenoxy) is 1. The van der Waals surface area contributed by atoms with E-state index in [-0.39, 0.29) is 5.91 Å². The van der Waals surface area contributed by atoms with Crippen LogP contribution in [0.15, 0.2) is 78.9 Å². The van der Waals surface area contributed by atoms with Gasteiger partial charge in [0.1, 0.15) is 5.75 Å². The van der Waals surface area contributed by atoms with E-state index >= 15 is 0 Å². The van der Waals surface area contributed by atoms with Gasteiger partial charge in [-0.05, 0) is 35.9 Å². The maximum absolute atomic E-state index is 12.3. The van der Waals surface area contributed by atoms with E-state index in [9.17, 15) is 4.79 Å². The first-order valence-corrected chi connectivity index (χ1v) is 7.83. The van der Waals surface area contributed by atoms with E-state index in [1.54, 1.807) is 19.2 Å². The van der Waals surface area contributed by atoms with Crippen molar-refractivity contribution in [3.8, 4) is 5.75 Å². The molecule has 24 heavy (non-hydrogen) atoms. The normalized spacial score (nSPS) is 10.2. The highest BCUT2D eigenvalue weighted by molar-refractivity contribution is 6.04. The zero-order chi connectivity index (χ0) is 16.8. The van der Waals surface area contributed by atoms with E-state index < -0.39 is 0 Å². The number of hydrogen-bond donors (Lipinski definition) is 1. The van der Waals surface area contributed by atoms with Crippen LogP contribution >= 0.6 is 0 Å². The molecule has 3 rings (SSSR count). The van der Waals surface area contributed by atoms with Crippen molar-refractivity contribution >= 4 is 11.6 Å². The van der Waals surface area contributed by atoms with E-state index in [0.29, 0.717) is 5.56 Å². The van der Waals surface area contributed by atoms with Crippen LogP contribution in [0, 0.1) is 0 Å². The number of carbonyl (C=O) groups is 1. The Balaban J connectivity index is 1.82. The Kier molecular flexibility index (Phi) is 4.92. The van der Waals surface area contributed by atoms with Crippen molar-refractivity contribution in [2.75, 3.05) is 12.4 Å². The number of carbonyl (C=O) groups excluding carboxylic acids is 1. The van der Waals surface area contributed by atoms with Crippen molar-refractivity contribution in [2.24, 2.45) is 0 Å². The number of methoxy groups -OCH3 is 1. The number of rotatable bonds is 5. The van der Waals surface area contributed by atoms with Gasteiger partial charge in [-0.2, -0.15) is 0 Å². The summed E-state index contributed by atoms with van der Waals surface area (Å²) >= 11 is 0. The minimum Gasteiger partial charge on any atom is -0.496 e. The summed E-state index contributed by atoms with van der Waals surface area (Å²) in [6.45, 7) is 0. The average Bonchev–Trinajstić information content (AvgIpc) is 2.63. The molecule has 0 aliphatic carbocycles. The maximum atomic E-state index is 12.3. The van der Waals surface area contributed by atoms with Crippen molar-refractivity contribution < 1.29 is 9.53 Å². The molecule has 0 aliphatic heterocycles. The topological polar surface area (TPSA) is 38.3 Å². The number of hydrogen-bond acceptors (Lipinski definition) is 2. The van der Waals surface area contributed by atoms with Crippen LogP contribution < -0.4 is 10.1 Å². The first-order valence-electron chi connectivity index (χ1n) is 7.83. The Morgan fingerprint density at radius 2 is 1.58 bits per heavy atom. The van der Waals surface area contributed by atoms with Gasteiger partial charge in [0.15, 0.2) is 0 Å². The molecule has 3 aromatic carbocycles. The smallest absolute Gasteiger partial charge is 0.255 e. The van der Waals surface area contributed by atoms with E-state index in [2.05, 4.69) is 17.4 Å². The van der Waals surface area contributed by atoms with Crippen molar-refractivity contribution in [3.63, 3.8) is 0 Å². The Hall–Kier alpha value is -3.07. The van der Waals surface area contributed by atoms with Gasteiger partial charge in [-0.3, -0.25) is 4.79 Å². The van der Waals surface area contributed by atoms with Gasteiger partial charge in [0.25, 0.3) is 5.91 Å². The summed E-state index contributed by atoms with van der Waals surface area (Å²) in [4.78, 5) is 12.3. The van der Waals surface area contributed by atoms with Gasteiger partial charge >= 0.3 is 0 Å². The molecule has 120 valence electrons. The van der Waals surface area contributed by atoms with Crippen LogP contribution in [0.4, 0.5) is 5.69 Å². The van der Waals surface area contributed by atoms with Gasteiger partial charge in [-0.25, -0.2) is 0 Å². The highest BCUT2D eigenvalue weighted by atomic mass is 16.5. The first-order chi connectivity index (χ1) is 11.8. The fourth-order valence-electron chi connectivity index (χ4n) is 2.60. The summed E-state index contributed by atoms with van der Waals surface area (Å²) in [5.41, 5.74) is 3.63. The summed E-state index contributed by atoms with van der Waals surface area (Å²) in [5, 5.41) is 2.94. The van der Waals surface area contributed by atoms with E-state index in [0.717, 1.165) is 23.4 Å². The van der Waals surface area contributed by atoms with Crippen molar-refractivity contribution in [1.29, 1.82) is 0 Å². The van der Waals surface area contributed by atoms with Gasteiger partial charge in [-0.15, -0.1) is 0 Å². The second-order valence-electron chi connectivity index (χ2n) is 5.51. The quantitative estimate of drug-likeness (QED) is 0.750. The molecule has 0 aromatic heterocycles. The molecular formula is C21H19NO2. The zero-order valence-electron chi connectivity index (χ0n) is 13.5. The lowest BCUT2D eigenvalue weighted by Gasteiger charge is -2.12. The molecule has 3 heteroatoms. The third kappa shape index (κ3) is 3.82. The molecule has 0 spiro atoms. The standard InChI is InChI=1S/C21H19NO2/c1-24-20-13-12-19(22-21(23)17-10-6-3-7-11-17)15-18(20)14-16-8-4-2-5-9-16/h2-13,15H,14H2,1H3,(H,22,23). The number of benzene rings is 3.